The van der Waals surface area contributed by atoms with Crippen molar-refractivity contribution in [3.63, 3.8) is 0 Å². The van der Waals surface area contributed by atoms with E-state index >= 15 is 0 Å². The maximum atomic E-state index is 11.2. The molecule has 0 radical (unpaired) electrons. The fraction of sp³-hybridized carbons (Fsp3) is 0.500. The van der Waals surface area contributed by atoms with E-state index in [1.165, 1.54) is 11.1 Å². The molecule has 4 heteroatoms. The van der Waals surface area contributed by atoms with Crippen LogP contribution in [0, 0.1) is 0 Å². The molecule has 4 nitrogen and oxygen atoms in total. The molecule has 1 aliphatic heterocycles. The van der Waals surface area contributed by atoms with Gasteiger partial charge in [0, 0.05) is 18.7 Å². The minimum Gasteiger partial charge on any atom is -0.392 e. The van der Waals surface area contributed by atoms with Crippen molar-refractivity contribution in [1.82, 2.24) is 5.32 Å². The summed E-state index contributed by atoms with van der Waals surface area (Å²) in [6, 6.07) is 6.20. The molecule has 1 aromatic rings. The first-order valence-corrected chi connectivity index (χ1v) is 6.45. The first kappa shape index (κ1) is 13.1. The van der Waals surface area contributed by atoms with Gasteiger partial charge in [-0.3, -0.25) is 4.79 Å². The Balaban J connectivity index is 1.89. The van der Waals surface area contributed by atoms with Crippen molar-refractivity contribution in [3.05, 3.63) is 29.3 Å². The summed E-state index contributed by atoms with van der Waals surface area (Å²) in [6.07, 6.45) is 2.05. The van der Waals surface area contributed by atoms with Crippen LogP contribution in [0.3, 0.4) is 0 Å². The molecule has 0 saturated carbocycles. The number of anilines is 1. The lowest BCUT2D eigenvalue weighted by molar-refractivity contribution is -0.116. The van der Waals surface area contributed by atoms with Crippen LogP contribution in [0.1, 0.15) is 24.5 Å². The molecule has 1 atom stereocenters. The summed E-state index contributed by atoms with van der Waals surface area (Å²) in [4.78, 5) is 11.2. The number of benzene rings is 1. The van der Waals surface area contributed by atoms with Crippen molar-refractivity contribution in [2.45, 2.75) is 32.3 Å². The summed E-state index contributed by atoms with van der Waals surface area (Å²) in [6.45, 7) is 3.26. The average Bonchev–Trinajstić information content (AvgIpc) is 2.34. The third-order valence-electron chi connectivity index (χ3n) is 3.10. The number of fused-ring (bicyclic) bond motifs is 1. The number of aliphatic hydroxyl groups excluding tert-OH is 1. The predicted octanol–water partition coefficient (Wildman–Crippen LogP) is 1.08. The van der Waals surface area contributed by atoms with Gasteiger partial charge >= 0.3 is 0 Å². The molecule has 0 aromatic heterocycles. The van der Waals surface area contributed by atoms with E-state index in [1.807, 2.05) is 6.07 Å². The fourth-order valence-corrected chi connectivity index (χ4v) is 2.14. The normalized spacial score (nSPS) is 16.0. The quantitative estimate of drug-likeness (QED) is 0.683. The first-order chi connectivity index (χ1) is 8.65. The standard InChI is InChI=1S/C14H20N2O2/c1-10(17)9-15-7-6-11-2-4-13-12(8-11)3-5-14(18)16-13/h2,4,8,10,15,17H,3,5-7,9H2,1H3,(H,16,18). The van der Waals surface area contributed by atoms with E-state index < -0.39 is 0 Å². The highest BCUT2D eigenvalue weighted by Gasteiger charge is 2.14. The minimum atomic E-state index is -0.302. The average molecular weight is 248 g/mol. The molecule has 0 saturated heterocycles. The van der Waals surface area contributed by atoms with Crippen molar-refractivity contribution < 1.29 is 9.90 Å². The number of aliphatic hydroxyl groups is 1. The predicted molar refractivity (Wildman–Crippen MR) is 71.6 cm³/mol. The Morgan fingerprint density at radius 3 is 3.06 bits per heavy atom. The maximum absolute atomic E-state index is 11.2. The van der Waals surface area contributed by atoms with E-state index in [0.29, 0.717) is 13.0 Å². The molecule has 1 aromatic carbocycles. The minimum absolute atomic E-state index is 0.105. The van der Waals surface area contributed by atoms with E-state index in [9.17, 15) is 4.79 Å². The van der Waals surface area contributed by atoms with Crippen LogP contribution in [0.4, 0.5) is 5.69 Å². The van der Waals surface area contributed by atoms with Gasteiger partial charge in [0.15, 0.2) is 0 Å². The molecule has 0 aliphatic carbocycles. The zero-order chi connectivity index (χ0) is 13.0. The third-order valence-corrected chi connectivity index (χ3v) is 3.10. The van der Waals surface area contributed by atoms with E-state index in [0.717, 1.165) is 25.1 Å². The smallest absolute Gasteiger partial charge is 0.224 e. The number of carbonyl (C=O) groups excluding carboxylic acids is 1. The Morgan fingerprint density at radius 1 is 1.44 bits per heavy atom. The van der Waals surface area contributed by atoms with Gasteiger partial charge in [-0.15, -0.1) is 0 Å². The van der Waals surface area contributed by atoms with Gasteiger partial charge in [0.25, 0.3) is 0 Å². The number of hydrogen-bond donors (Lipinski definition) is 3. The molecule has 3 N–H and O–H groups in total. The molecule has 0 spiro atoms. The van der Waals surface area contributed by atoms with Crippen molar-refractivity contribution >= 4 is 11.6 Å². The van der Waals surface area contributed by atoms with Gasteiger partial charge in [-0.1, -0.05) is 12.1 Å². The Kier molecular flexibility index (Phi) is 4.33. The maximum Gasteiger partial charge on any atom is 0.224 e. The van der Waals surface area contributed by atoms with Gasteiger partial charge in [-0.25, -0.2) is 0 Å². The van der Waals surface area contributed by atoms with Crippen LogP contribution in [0.5, 0.6) is 0 Å². The summed E-state index contributed by atoms with van der Waals surface area (Å²) < 4.78 is 0. The number of carbonyl (C=O) groups is 1. The second-order valence-corrected chi connectivity index (χ2v) is 4.84. The Morgan fingerprint density at radius 2 is 2.28 bits per heavy atom. The number of hydrogen-bond acceptors (Lipinski definition) is 3. The van der Waals surface area contributed by atoms with Crippen molar-refractivity contribution in [1.29, 1.82) is 0 Å². The zero-order valence-electron chi connectivity index (χ0n) is 10.7. The Hall–Kier alpha value is -1.39. The number of rotatable bonds is 5. The monoisotopic (exact) mass is 248 g/mol. The van der Waals surface area contributed by atoms with E-state index in [4.69, 9.17) is 5.11 Å². The first-order valence-electron chi connectivity index (χ1n) is 6.45. The Labute approximate surface area is 107 Å². The highest BCUT2D eigenvalue weighted by atomic mass is 16.3. The topological polar surface area (TPSA) is 61.4 Å². The van der Waals surface area contributed by atoms with Crippen molar-refractivity contribution in [3.8, 4) is 0 Å². The summed E-state index contributed by atoms with van der Waals surface area (Å²) in [7, 11) is 0. The van der Waals surface area contributed by atoms with Gasteiger partial charge in [-0.2, -0.15) is 0 Å². The lowest BCUT2D eigenvalue weighted by Crippen LogP contribution is -2.26. The van der Waals surface area contributed by atoms with Crippen LogP contribution in [0.15, 0.2) is 18.2 Å². The molecule has 98 valence electrons. The van der Waals surface area contributed by atoms with Gasteiger partial charge in [0.1, 0.15) is 0 Å². The van der Waals surface area contributed by atoms with E-state index in [-0.39, 0.29) is 12.0 Å². The van der Waals surface area contributed by atoms with Crippen molar-refractivity contribution in [2.24, 2.45) is 0 Å². The van der Waals surface area contributed by atoms with Crippen LogP contribution in [0.25, 0.3) is 0 Å². The molecule has 1 amide bonds. The summed E-state index contributed by atoms with van der Waals surface area (Å²) in [5.74, 6) is 0.105. The number of amides is 1. The number of aryl methyl sites for hydroxylation is 1. The second-order valence-electron chi connectivity index (χ2n) is 4.84. The van der Waals surface area contributed by atoms with Gasteiger partial charge < -0.3 is 15.7 Å². The largest absolute Gasteiger partial charge is 0.392 e. The molecular formula is C14H20N2O2. The van der Waals surface area contributed by atoms with Crippen molar-refractivity contribution in [2.75, 3.05) is 18.4 Å². The van der Waals surface area contributed by atoms with Gasteiger partial charge in [0.2, 0.25) is 5.91 Å². The number of nitrogens with one attached hydrogen (secondary N) is 2. The van der Waals surface area contributed by atoms with E-state index in [1.54, 1.807) is 6.92 Å². The van der Waals surface area contributed by atoms with Gasteiger partial charge in [0.05, 0.1) is 6.10 Å². The third kappa shape index (κ3) is 3.55. The molecule has 18 heavy (non-hydrogen) atoms. The zero-order valence-corrected chi connectivity index (χ0v) is 10.7. The van der Waals surface area contributed by atoms with Crippen LogP contribution in [-0.4, -0.2) is 30.2 Å². The molecule has 1 aliphatic rings. The summed E-state index contributed by atoms with van der Waals surface area (Å²) >= 11 is 0. The molecule has 2 rings (SSSR count). The lowest BCUT2D eigenvalue weighted by atomic mass is 9.99. The van der Waals surface area contributed by atoms with E-state index in [2.05, 4.69) is 22.8 Å². The van der Waals surface area contributed by atoms with Crippen LogP contribution in [0.2, 0.25) is 0 Å². The fourth-order valence-electron chi connectivity index (χ4n) is 2.14. The van der Waals surface area contributed by atoms with Crippen LogP contribution >= 0.6 is 0 Å². The molecule has 1 heterocycles. The molecule has 0 bridgehead atoms. The highest BCUT2D eigenvalue weighted by Crippen LogP contribution is 2.23. The molecular weight excluding hydrogens is 228 g/mol. The second kappa shape index (κ2) is 5.98. The Bertz CT molecular complexity index is 430. The SMILES string of the molecule is CC(O)CNCCc1ccc2c(c1)CCC(=O)N2. The lowest BCUT2D eigenvalue weighted by Gasteiger charge is -2.17. The molecule has 1 unspecified atom stereocenters. The van der Waals surface area contributed by atoms with Crippen LogP contribution in [-0.2, 0) is 17.6 Å². The van der Waals surface area contributed by atoms with Crippen LogP contribution < -0.4 is 10.6 Å². The molecule has 0 fully saturated rings. The van der Waals surface area contributed by atoms with Gasteiger partial charge in [-0.05, 0) is 43.5 Å². The highest BCUT2D eigenvalue weighted by molar-refractivity contribution is 5.93. The summed E-state index contributed by atoms with van der Waals surface area (Å²) in [5, 5.41) is 15.2. The summed E-state index contributed by atoms with van der Waals surface area (Å²) in [5.41, 5.74) is 3.44.